The summed E-state index contributed by atoms with van der Waals surface area (Å²) in [5.74, 6) is 0.511. The van der Waals surface area contributed by atoms with Gasteiger partial charge in [0.05, 0.1) is 43.8 Å². The highest BCUT2D eigenvalue weighted by Crippen LogP contribution is 2.47. The van der Waals surface area contributed by atoms with Gasteiger partial charge in [0.25, 0.3) is 5.91 Å². The van der Waals surface area contributed by atoms with Crippen LogP contribution >= 0.6 is 11.6 Å². The number of methoxy groups -OCH3 is 1. The Morgan fingerprint density at radius 2 is 1.94 bits per heavy atom. The number of carbonyl (C=O) groups is 3. The summed E-state index contributed by atoms with van der Waals surface area (Å²) >= 11 is 6.46. The molecule has 6 atom stereocenters. The van der Waals surface area contributed by atoms with Crippen molar-refractivity contribution in [3.8, 4) is 5.75 Å². The number of amides is 4. The van der Waals surface area contributed by atoms with Crippen LogP contribution in [0.15, 0.2) is 52.9 Å². The lowest BCUT2D eigenvalue weighted by Gasteiger charge is -2.46. The minimum atomic E-state index is -3.57. The van der Waals surface area contributed by atoms with Gasteiger partial charge >= 0.3 is 12.1 Å². The number of carbonyl (C=O) groups excluding carboxylic acids is 3. The molecule has 12 nitrogen and oxygen atoms in total. The lowest BCUT2D eigenvalue weighted by molar-refractivity contribution is -0.0504. The number of hydrogen-bond donors (Lipinski definition) is 1. The van der Waals surface area contributed by atoms with E-state index in [1.165, 1.54) is 20.9 Å². The molecular weight excluding hydrogens is 718 g/mol. The second-order valence-electron chi connectivity index (χ2n) is 16.1. The molecule has 2 aliphatic carbocycles. The van der Waals surface area contributed by atoms with Crippen molar-refractivity contribution in [2.24, 2.45) is 22.1 Å². The van der Waals surface area contributed by atoms with Crippen molar-refractivity contribution in [3.63, 3.8) is 0 Å². The van der Waals surface area contributed by atoms with Crippen molar-refractivity contribution in [1.82, 2.24) is 14.5 Å². The smallest absolute Gasteiger partial charge is 0.410 e. The highest BCUT2D eigenvalue weighted by Gasteiger charge is 2.54. The van der Waals surface area contributed by atoms with Crippen LogP contribution in [0, 0.1) is 17.8 Å². The summed E-state index contributed by atoms with van der Waals surface area (Å²) in [6, 6.07) is 10.9. The fraction of sp³-hybridized carbons (Fsp3) is 0.564. The summed E-state index contributed by atoms with van der Waals surface area (Å²) in [5.41, 5.74) is 2.54. The molecule has 4 aliphatic heterocycles. The van der Waals surface area contributed by atoms with Crippen LogP contribution in [0.1, 0.15) is 60.5 Å². The lowest BCUT2D eigenvalue weighted by atomic mass is 9.68. The molecule has 2 saturated heterocycles. The third-order valence-electron chi connectivity index (χ3n) is 12.1. The van der Waals surface area contributed by atoms with Crippen LogP contribution in [0.25, 0.3) is 0 Å². The van der Waals surface area contributed by atoms with Crippen LogP contribution in [0.4, 0.5) is 15.3 Å². The molecule has 2 spiro atoms. The van der Waals surface area contributed by atoms with Gasteiger partial charge in [-0.1, -0.05) is 36.7 Å². The maximum Gasteiger partial charge on any atom is 0.410 e. The first kappa shape index (κ1) is 36.2. The Morgan fingerprint density at radius 3 is 2.68 bits per heavy atom. The number of ether oxygens (including phenoxy) is 3. The summed E-state index contributed by atoms with van der Waals surface area (Å²) in [6.45, 7) is 4.58. The molecule has 1 N–H and O–H groups in total. The average Bonchev–Trinajstić information content (AvgIpc) is 3.31. The summed E-state index contributed by atoms with van der Waals surface area (Å²) in [6.07, 6.45) is 9.30. The number of fused-ring (bicyclic) bond motifs is 4. The van der Waals surface area contributed by atoms with Crippen LogP contribution in [0.5, 0.6) is 5.75 Å². The minimum Gasteiger partial charge on any atom is -0.490 e. The van der Waals surface area contributed by atoms with Crippen molar-refractivity contribution in [1.29, 1.82) is 0 Å². The number of likely N-dealkylation sites (tertiary alicyclic amines) is 1. The van der Waals surface area contributed by atoms with Gasteiger partial charge < -0.3 is 28.9 Å². The molecule has 4 heterocycles. The van der Waals surface area contributed by atoms with Crippen LogP contribution < -0.4 is 14.4 Å². The Labute approximate surface area is 316 Å². The van der Waals surface area contributed by atoms with Gasteiger partial charge in [-0.05, 0) is 97.7 Å². The van der Waals surface area contributed by atoms with E-state index in [1.54, 1.807) is 20.2 Å². The largest absolute Gasteiger partial charge is 0.490 e. The number of allylic oxidation sites excluding steroid dienone is 1. The van der Waals surface area contributed by atoms with Crippen molar-refractivity contribution in [2.45, 2.75) is 62.6 Å². The number of hydrogen-bond acceptors (Lipinski definition) is 8. The van der Waals surface area contributed by atoms with Gasteiger partial charge in [-0.2, -0.15) is 0 Å². The predicted octanol–water partition coefficient (Wildman–Crippen LogP) is 5.82. The molecule has 4 amide bonds. The van der Waals surface area contributed by atoms with Crippen molar-refractivity contribution < 1.29 is 32.8 Å². The molecule has 53 heavy (non-hydrogen) atoms. The summed E-state index contributed by atoms with van der Waals surface area (Å²) in [7, 11) is -0.176. The zero-order chi connectivity index (χ0) is 37.1. The number of urea groups is 1. The van der Waals surface area contributed by atoms with E-state index in [2.05, 4.69) is 38.3 Å². The number of halogens is 1. The van der Waals surface area contributed by atoms with E-state index < -0.39 is 33.5 Å². The lowest BCUT2D eigenvalue weighted by Crippen LogP contribution is -2.67. The van der Waals surface area contributed by atoms with E-state index in [1.807, 2.05) is 25.1 Å². The quantitative estimate of drug-likeness (QED) is 0.379. The Morgan fingerprint density at radius 1 is 1.11 bits per heavy atom. The maximum absolute atomic E-state index is 14.6. The van der Waals surface area contributed by atoms with E-state index in [-0.39, 0.29) is 41.8 Å². The van der Waals surface area contributed by atoms with Gasteiger partial charge in [0.2, 0.25) is 0 Å². The molecule has 2 aromatic rings. The number of anilines is 1. The second kappa shape index (κ2) is 13.8. The Kier molecular flexibility index (Phi) is 9.42. The number of rotatable bonds is 2. The van der Waals surface area contributed by atoms with Crippen molar-refractivity contribution >= 4 is 45.2 Å². The Balaban J connectivity index is 1.14. The van der Waals surface area contributed by atoms with E-state index in [4.69, 9.17) is 25.8 Å². The molecule has 0 aromatic heterocycles. The zero-order valence-corrected chi connectivity index (χ0v) is 32.1. The van der Waals surface area contributed by atoms with Gasteiger partial charge in [0.15, 0.2) is 5.60 Å². The second-order valence-corrected chi connectivity index (χ2v) is 18.6. The molecule has 14 heteroatoms. The van der Waals surface area contributed by atoms with Crippen molar-refractivity contribution in [2.75, 3.05) is 64.1 Å². The highest BCUT2D eigenvalue weighted by atomic mass is 35.5. The Hall–Kier alpha value is -3.81. The summed E-state index contributed by atoms with van der Waals surface area (Å²) in [5, 5.41) is 0.731. The minimum absolute atomic E-state index is 0.0264. The van der Waals surface area contributed by atoms with Crippen molar-refractivity contribution in [3.05, 3.63) is 70.3 Å². The molecule has 2 bridgehead atoms. The monoisotopic (exact) mass is 765 g/mol. The first-order chi connectivity index (χ1) is 25.4. The third kappa shape index (κ3) is 6.89. The van der Waals surface area contributed by atoms with Crippen LogP contribution in [-0.2, 0) is 31.2 Å². The van der Waals surface area contributed by atoms with E-state index in [0.29, 0.717) is 43.7 Å². The molecule has 284 valence electrons. The fourth-order valence-electron chi connectivity index (χ4n) is 9.32. The molecule has 2 aromatic carbocycles. The Bertz CT molecular complexity index is 1980. The number of nitrogens with one attached hydrogen (secondary N) is 1. The van der Waals surface area contributed by atoms with Gasteiger partial charge in [0, 0.05) is 43.2 Å². The topological polar surface area (TPSA) is 130 Å². The molecular formula is C39H48ClN5O7S. The normalized spacial score (nSPS) is 32.6. The standard InChI is InChI=1S/C39H48ClN5O7S/c1-25-6-4-8-33(50-3)30-12-9-28(30)18-44-20-38(15-5-7-26-16-29(40)11-13-31(26)38)24-51-34-14-10-27(17-32(34)44)35(46)41-53(49,19-25)42-36(47)45-22-39(23-45)21-43(2)37(48)52-39/h4,8,10-11,13-14,16-17,25,28,30,33H,5-7,9,12,15,18-24H2,1-3H3,(H,41,42,46,47,49)/b8-4+/t25-,28-,30+,33-,38-,53-/m0/s1. The highest BCUT2D eigenvalue weighted by molar-refractivity contribution is 7.92. The summed E-state index contributed by atoms with van der Waals surface area (Å²) in [4.78, 5) is 44.8. The zero-order valence-electron chi connectivity index (χ0n) is 30.6. The van der Waals surface area contributed by atoms with E-state index in [0.717, 1.165) is 49.4 Å². The van der Waals surface area contributed by atoms with Gasteiger partial charge in [0.1, 0.15) is 15.7 Å². The van der Waals surface area contributed by atoms with Gasteiger partial charge in [-0.15, -0.1) is 4.36 Å². The summed E-state index contributed by atoms with van der Waals surface area (Å²) < 4.78 is 39.7. The molecule has 6 aliphatic rings. The van der Waals surface area contributed by atoms with Crippen LogP contribution in [0.3, 0.4) is 0 Å². The van der Waals surface area contributed by atoms with E-state index in [9.17, 15) is 18.6 Å². The first-order valence-corrected chi connectivity index (χ1v) is 20.7. The van der Waals surface area contributed by atoms with Crippen LogP contribution in [0.2, 0.25) is 5.02 Å². The molecule has 8 rings (SSSR count). The third-order valence-corrected chi connectivity index (χ3v) is 14.4. The average molecular weight is 766 g/mol. The number of aryl methyl sites for hydroxylation is 1. The molecule has 0 unspecified atom stereocenters. The number of nitrogens with zero attached hydrogens (tertiary/aromatic N) is 4. The molecule has 3 fully saturated rings. The van der Waals surface area contributed by atoms with Gasteiger partial charge in [-0.3, -0.25) is 9.52 Å². The predicted molar refractivity (Wildman–Crippen MR) is 202 cm³/mol. The van der Waals surface area contributed by atoms with Crippen LogP contribution in [-0.4, -0.2) is 103 Å². The van der Waals surface area contributed by atoms with Gasteiger partial charge in [-0.25, -0.2) is 13.8 Å². The molecule has 0 radical (unpaired) electrons. The fourth-order valence-corrected chi connectivity index (χ4v) is 11.4. The van der Waals surface area contributed by atoms with E-state index >= 15 is 0 Å². The number of likely N-dealkylation sites (N-methyl/N-ethyl adjacent to an activating group) is 1. The SMILES string of the molecule is CO[C@H]1/C=C/C[C@H](C)C[S@@](=O)(NC(=O)N2CC3(CN(C)C(=O)O3)C2)=NC(=O)c2ccc3c(c2)N(C[C@@H]2CC[C@H]21)C[C@@]1(CCCc2cc(Cl)ccc21)CO3. The number of benzene rings is 2. The molecule has 1 saturated carbocycles. The first-order valence-electron chi connectivity index (χ1n) is 18.7. The maximum atomic E-state index is 14.6.